The van der Waals surface area contributed by atoms with Crippen LogP contribution in [0.2, 0.25) is 0 Å². The van der Waals surface area contributed by atoms with E-state index in [2.05, 4.69) is 12.2 Å². The summed E-state index contributed by atoms with van der Waals surface area (Å²) in [7, 11) is 0. The molecule has 1 amide bonds. The lowest BCUT2D eigenvalue weighted by Crippen LogP contribution is -2.38. The van der Waals surface area contributed by atoms with Crippen LogP contribution in [0.3, 0.4) is 0 Å². The van der Waals surface area contributed by atoms with E-state index in [0.29, 0.717) is 38.0 Å². The first-order valence-electron chi connectivity index (χ1n) is 7.85. The Morgan fingerprint density at radius 2 is 1.90 bits per heavy atom. The van der Waals surface area contributed by atoms with E-state index in [4.69, 9.17) is 14.6 Å². The Labute approximate surface area is 125 Å². The average Bonchev–Trinajstić information content (AvgIpc) is 2.95. The maximum absolute atomic E-state index is 11.8. The molecule has 2 unspecified atom stereocenters. The van der Waals surface area contributed by atoms with Gasteiger partial charge < -0.3 is 19.9 Å². The number of ether oxygens (including phenoxy) is 2. The standard InChI is InChI=1S/C15H25NO5/c1-10-4-2-3-5-11(10)20-9-8-16-14(17)12-6-7-13(21-12)15(18)19/h10-13H,2-9H2,1H3,(H,16,17)(H,18,19)/t10?,11?,12-,13+/m0/s1. The van der Waals surface area contributed by atoms with Crippen molar-refractivity contribution < 1.29 is 24.2 Å². The number of hydrogen-bond acceptors (Lipinski definition) is 4. The van der Waals surface area contributed by atoms with Gasteiger partial charge in [0.25, 0.3) is 0 Å². The van der Waals surface area contributed by atoms with Crippen LogP contribution in [0.15, 0.2) is 0 Å². The van der Waals surface area contributed by atoms with Gasteiger partial charge in [-0.25, -0.2) is 4.79 Å². The molecule has 2 aliphatic rings. The largest absolute Gasteiger partial charge is 0.479 e. The topological polar surface area (TPSA) is 84.9 Å². The van der Waals surface area contributed by atoms with E-state index in [1.54, 1.807) is 0 Å². The number of carboxylic acid groups (broad SMARTS) is 1. The second-order valence-electron chi connectivity index (χ2n) is 5.99. The molecule has 0 aromatic rings. The monoisotopic (exact) mass is 299 g/mol. The molecule has 1 saturated carbocycles. The van der Waals surface area contributed by atoms with Crippen LogP contribution >= 0.6 is 0 Å². The molecule has 4 atom stereocenters. The number of carboxylic acids is 1. The molecule has 2 rings (SSSR count). The fourth-order valence-corrected chi connectivity index (χ4v) is 3.04. The Balaban J connectivity index is 1.60. The smallest absolute Gasteiger partial charge is 0.332 e. The summed E-state index contributed by atoms with van der Waals surface area (Å²) in [5, 5.41) is 11.6. The summed E-state index contributed by atoms with van der Waals surface area (Å²) < 4.78 is 11.0. The van der Waals surface area contributed by atoms with Gasteiger partial charge in [-0.05, 0) is 31.6 Å². The number of hydrogen-bond donors (Lipinski definition) is 2. The Hall–Kier alpha value is -1.14. The van der Waals surface area contributed by atoms with Gasteiger partial charge in [-0.2, -0.15) is 0 Å². The van der Waals surface area contributed by atoms with E-state index in [1.807, 2.05) is 0 Å². The second-order valence-corrected chi connectivity index (χ2v) is 5.99. The molecule has 2 N–H and O–H groups in total. The second kappa shape index (κ2) is 7.75. The summed E-state index contributed by atoms with van der Waals surface area (Å²) in [6.45, 7) is 3.15. The van der Waals surface area contributed by atoms with Crippen molar-refractivity contribution in [3.05, 3.63) is 0 Å². The highest BCUT2D eigenvalue weighted by Gasteiger charge is 2.34. The number of rotatable bonds is 6. The van der Waals surface area contributed by atoms with Crippen LogP contribution < -0.4 is 5.32 Å². The zero-order valence-corrected chi connectivity index (χ0v) is 12.5. The van der Waals surface area contributed by atoms with E-state index in [1.165, 1.54) is 19.3 Å². The van der Waals surface area contributed by atoms with E-state index in [9.17, 15) is 9.59 Å². The highest BCUT2D eigenvalue weighted by atomic mass is 16.5. The zero-order chi connectivity index (χ0) is 15.2. The molecule has 6 heteroatoms. The summed E-state index contributed by atoms with van der Waals surface area (Å²) in [5.74, 6) is -0.650. The number of amides is 1. The fourth-order valence-electron chi connectivity index (χ4n) is 3.04. The lowest BCUT2D eigenvalue weighted by atomic mass is 9.88. The van der Waals surface area contributed by atoms with Crippen LogP contribution in [-0.2, 0) is 19.1 Å². The first-order chi connectivity index (χ1) is 10.1. The van der Waals surface area contributed by atoms with Crippen molar-refractivity contribution in [2.45, 2.75) is 63.8 Å². The minimum absolute atomic E-state index is 0.237. The summed E-state index contributed by atoms with van der Waals surface area (Å²) in [6, 6.07) is 0. The Kier molecular flexibility index (Phi) is 5.99. The molecular formula is C15H25NO5. The van der Waals surface area contributed by atoms with Gasteiger partial charge in [0.15, 0.2) is 6.10 Å². The number of carbonyl (C=O) groups excluding carboxylic acids is 1. The van der Waals surface area contributed by atoms with Crippen molar-refractivity contribution >= 4 is 11.9 Å². The van der Waals surface area contributed by atoms with Crippen LogP contribution in [0.4, 0.5) is 0 Å². The van der Waals surface area contributed by atoms with Crippen molar-refractivity contribution in [3.63, 3.8) is 0 Å². The molecule has 0 spiro atoms. The molecule has 0 radical (unpaired) electrons. The molecule has 1 aliphatic heterocycles. The van der Waals surface area contributed by atoms with Crippen molar-refractivity contribution in [2.75, 3.05) is 13.2 Å². The lowest BCUT2D eigenvalue weighted by Gasteiger charge is -2.28. The predicted molar refractivity (Wildman–Crippen MR) is 75.9 cm³/mol. The van der Waals surface area contributed by atoms with Gasteiger partial charge in [0, 0.05) is 6.54 Å². The molecule has 1 saturated heterocycles. The fraction of sp³-hybridized carbons (Fsp3) is 0.867. The highest BCUT2D eigenvalue weighted by Crippen LogP contribution is 2.26. The Morgan fingerprint density at radius 3 is 2.57 bits per heavy atom. The van der Waals surface area contributed by atoms with Crippen LogP contribution in [-0.4, -0.2) is 48.4 Å². The number of carbonyl (C=O) groups is 2. The zero-order valence-electron chi connectivity index (χ0n) is 12.5. The predicted octanol–water partition coefficient (Wildman–Crippen LogP) is 1.33. The van der Waals surface area contributed by atoms with E-state index in [-0.39, 0.29) is 5.91 Å². The van der Waals surface area contributed by atoms with Gasteiger partial charge >= 0.3 is 5.97 Å². The third-order valence-electron chi connectivity index (χ3n) is 4.35. The molecule has 1 aliphatic carbocycles. The van der Waals surface area contributed by atoms with Gasteiger partial charge in [-0.3, -0.25) is 4.79 Å². The van der Waals surface area contributed by atoms with Crippen molar-refractivity contribution in [2.24, 2.45) is 5.92 Å². The SMILES string of the molecule is CC1CCCCC1OCCNC(=O)[C@@H]1CC[C@H](C(=O)O)O1. The van der Waals surface area contributed by atoms with Crippen LogP contribution in [0, 0.1) is 5.92 Å². The van der Waals surface area contributed by atoms with Gasteiger partial charge in [0.05, 0.1) is 12.7 Å². The lowest BCUT2D eigenvalue weighted by molar-refractivity contribution is -0.151. The summed E-state index contributed by atoms with van der Waals surface area (Å²) in [4.78, 5) is 22.6. The number of aliphatic carboxylic acids is 1. The van der Waals surface area contributed by atoms with Gasteiger partial charge in [0.1, 0.15) is 6.10 Å². The van der Waals surface area contributed by atoms with Crippen LogP contribution in [0.1, 0.15) is 45.4 Å². The van der Waals surface area contributed by atoms with E-state index >= 15 is 0 Å². The van der Waals surface area contributed by atoms with Gasteiger partial charge in [-0.15, -0.1) is 0 Å². The van der Waals surface area contributed by atoms with Crippen molar-refractivity contribution in [1.82, 2.24) is 5.32 Å². The average molecular weight is 299 g/mol. The van der Waals surface area contributed by atoms with Gasteiger partial charge in [0.2, 0.25) is 5.91 Å². The minimum atomic E-state index is -1.00. The van der Waals surface area contributed by atoms with Crippen LogP contribution in [0.5, 0.6) is 0 Å². The third kappa shape index (κ3) is 4.68. The number of nitrogens with one attached hydrogen (secondary N) is 1. The van der Waals surface area contributed by atoms with Gasteiger partial charge in [-0.1, -0.05) is 19.8 Å². The molecule has 21 heavy (non-hydrogen) atoms. The molecule has 0 aromatic heterocycles. The molecule has 6 nitrogen and oxygen atoms in total. The van der Waals surface area contributed by atoms with E-state index < -0.39 is 18.2 Å². The Bertz CT molecular complexity index is 373. The minimum Gasteiger partial charge on any atom is -0.479 e. The first-order valence-corrected chi connectivity index (χ1v) is 7.85. The van der Waals surface area contributed by atoms with Crippen molar-refractivity contribution in [3.8, 4) is 0 Å². The highest BCUT2D eigenvalue weighted by molar-refractivity contribution is 5.82. The molecule has 2 fully saturated rings. The molecular weight excluding hydrogens is 274 g/mol. The Morgan fingerprint density at radius 1 is 1.19 bits per heavy atom. The molecule has 120 valence electrons. The normalized spacial score (nSPS) is 32.8. The maximum atomic E-state index is 11.8. The summed E-state index contributed by atoms with van der Waals surface area (Å²) in [5.41, 5.74) is 0. The van der Waals surface area contributed by atoms with E-state index in [0.717, 1.165) is 6.42 Å². The summed E-state index contributed by atoms with van der Waals surface area (Å²) >= 11 is 0. The molecule has 0 bridgehead atoms. The summed E-state index contributed by atoms with van der Waals surface area (Å²) in [6.07, 6.45) is 4.47. The molecule has 0 aromatic carbocycles. The quantitative estimate of drug-likeness (QED) is 0.723. The first kappa shape index (κ1) is 16.2. The third-order valence-corrected chi connectivity index (χ3v) is 4.35. The maximum Gasteiger partial charge on any atom is 0.332 e. The van der Waals surface area contributed by atoms with Crippen molar-refractivity contribution in [1.29, 1.82) is 0 Å². The molecule has 1 heterocycles. The van der Waals surface area contributed by atoms with Crippen LogP contribution in [0.25, 0.3) is 0 Å².